The van der Waals surface area contributed by atoms with Gasteiger partial charge in [-0.3, -0.25) is 9.69 Å². The smallest absolute Gasteiger partial charge is 0.267 e. The molecule has 4 nitrogen and oxygen atoms in total. The second-order valence-electron chi connectivity index (χ2n) is 10.5. The van der Waals surface area contributed by atoms with Crippen LogP contribution in [0.25, 0.3) is 16.8 Å². The average molecular weight is 567 g/mol. The van der Waals surface area contributed by atoms with Gasteiger partial charge in [0, 0.05) is 16.6 Å². The number of hydrogen-bond donors (Lipinski definition) is 0. The Labute approximate surface area is 244 Å². The fourth-order valence-corrected chi connectivity index (χ4v) is 6.73. The number of thioether (sulfide) groups is 1. The summed E-state index contributed by atoms with van der Waals surface area (Å²) in [7, 11) is 0. The van der Waals surface area contributed by atoms with Crippen LogP contribution in [0.1, 0.15) is 43.7 Å². The first-order valence-electron chi connectivity index (χ1n) is 13.8. The van der Waals surface area contributed by atoms with E-state index in [9.17, 15) is 4.79 Å². The van der Waals surface area contributed by atoms with Gasteiger partial charge in [-0.25, -0.2) is 4.99 Å². The molecular formula is C34H31ClN2O2S. The number of benzene rings is 4. The van der Waals surface area contributed by atoms with E-state index >= 15 is 0 Å². The van der Waals surface area contributed by atoms with Gasteiger partial charge >= 0.3 is 0 Å². The summed E-state index contributed by atoms with van der Waals surface area (Å²) in [6.45, 7) is 2.66. The first-order valence-corrected chi connectivity index (χ1v) is 15.0. The second kappa shape index (κ2) is 11.9. The van der Waals surface area contributed by atoms with Crippen molar-refractivity contribution in [3.63, 3.8) is 0 Å². The molecule has 0 spiro atoms. The van der Waals surface area contributed by atoms with Crippen LogP contribution < -0.4 is 4.74 Å². The van der Waals surface area contributed by atoms with E-state index in [1.807, 2.05) is 83.8 Å². The predicted octanol–water partition coefficient (Wildman–Crippen LogP) is 9.25. The number of nitrogens with zero attached hydrogens (tertiary/aromatic N) is 2. The molecule has 0 bridgehead atoms. The first kappa shape index (κ1) is 26.7. The zero-order valence-electron chi connectivity index (χ0n) is 22.4. The minimum absolute atomic E-state index is 0.0232. The van der Waals surface area contributed by atoms with E-state index in [0.717, 1.165) is 57.8 Å². The molecule has 2 atom stereocenters. The highest BCUT2D eigenvalue weighted by atomic mass is 35.5. The van der Waals surface area contributed by atoms with Crippen LogP contribution >= 0.6 is 23.4 Å². The average Bonchev–Trinajstić information content (AvgIpc) is 3.28. The van der Waals surface area contributed by atoms with Gasteiger partial charge in [-0.05, 0) is 83.3 Å². The van der Waals surface area contributed by atoms with E-state index in [4.69, 9.17) is 21.3 Å². The van der Waals surface area contributed by atoms with Crippen molar-refractivity contribution in [2.75, 3.05) is 0 Å². The summed E-state index contributed by atoms with van der Waals surface area (Å²) in [6.07, 6.45) is 6.47. The Balaban J connectivity index is 1.40. The molecule has 6 rings (SSSR count). The monoisotopic (exact) mass is 566 g/mol. The van der Waals surface area contributed by atoms with Gasteiger partial charge in [-0.2, -0.15) is 0 Å². The van der Waals surface area contributed by atoms with Crippen LogP contribution in [0.3, 0.4) is 0 Å². The number of amides is 1. The minimum Gasteiger partial charge on any atom is -0.488 e. The number of hydrogen-bond acceptors (Lipinski definition) is 4. The molecule has 1 aliphatic carbocycles. The van der Waals surface area contributed by atoms with Crippen molar-refractivity contribution >= 4 is 57.0 Å². The van der Waals surface area contributed by atoms with E-state index in [1.54, 1.807) is 0 Å². The molecule has 1 aliphatic heterocycles. The molecule has 6 heteroatoms. The molecule has 2 aliphatic rings. The third-order valence-electron chi connectivity index (χ3n) is 7.73. The number of carbonyl (C=O) groups is 1. The normalized spacial score (nSPS) is 21.4. The lowest BCUT2D eigenvalue weighted by atomic mass is 9.85. The molecule has 2 fully saturated rings. The summed E-state index contributed by atoms with van der Waals surface area (Å²) < 4.78 is 6.35. The summed E-state index contributed by atoms with van der Waals surface area (Å²) in [6, 6.07) is 30.0. The van der Waals surface area contributed by atoms with Crippen LogP contribution in [-0.4, -0.2) is 22.0 Å². The molecular weight excluding hydrogens is 536 g/mol. The number of halogens is 1. The van der Waals surface area contributed by atoms with Crippen LogP contribution in [0.2, 0.25) is 5.02 Å². The number of fused-ring (bicyclic) bond motifs is 1. The molecule has 0 radical (unpaired) electrons. The molecule has 40 heavy (non-hydrogen) atoms. The highest BCUT2D eigenvalue weighted by Gasteiger charge is 2.41. The van der Waals surface area contributed by atoms with Crippen molar-refractivity contribution in [1.82, 2.24) is 4.90 Å². The van der Waals surface area contributed by atoms with Gasteiger partial charge < -0.3 is 4.74 Å². The molecule has 202 valence electrons. The van der Waals surface area contributed by atoms with Gasteiger partial charge in [0.1, 0.15) is 12.4 Å². The summed E-state index contributed by atoms with van der Waals surface area (Å²) in [5, 5.41) is 3.59. The summed E-state index contributed by atoms with van der Waals surface area (Å²) in [5.41, 5.74) is 2.78. The number of rotatable bonds is 6. The molecule has 1 heterocycles. The zero-order valence-corrected chi connectivity index (χ0v) is 24.0. The highest BCUT2D eigenvalue weighted by molar-refractivity contribution is 8.18. The summed E-state index contributed by atoms with van der Waals surface area (Å²) in [5.74, 6) is 1.19. The third-order valence-corrected chi connectivity index (χ3v) is 8.96. The Morgan fingerprint density at radius 2 is 1.70 bits per heavy atom. The fourth-order valence-electron chi connectivity index (χ4n) is 5.57. The van der Waals surface area contributed by atoms with E-state index in [0.29, 0.717) is 22.5 Å². The number of ether oxygens (including phenoxy) is 1. The maximum absolute atomic E-state index is 14.1. The molecule has 0 unspecified atom stereocenters. The Kier molecular flexibility index (Phi) is 7.94. The Morgan fingerprint density at radius 1 is 0.950 bits per heavy atom. The van der Waals surface area contributed by atoms with Gasteiger partial charge in [-0.15, -0.1) is 0 Å². The lowest BCUT2D eigenvalue weighted by Gasteiger charge is -2.35. The lowest BCUT2D eigenvalue weighted by molar-refractivity contribution is -0.124. The van der Waals surface area contributed by atoms with Crippen molar-refractivity contribution in [1.29, 1.82) is 0 Å². The highest BCUT2D eigenvalue weighted by Crippen LogP contribution is 2.42. The quantitative estimate of drug-likeness (QED) is 0.218. The van der Waals surface area contributed by atoms with Crippen molar-refractivity contribution in [3.05, 3.63) is 112 Å². The maximum atomic E-state index is 14.1. The van der Waals surface area contributed by atoms with E-state index < -0.39 is 0 Å². The maximum Gasteiger partial charge on any atom is 0.267 e. The number of para-hydroxylation sites is 1. The van der Waals surface area contributed by atoms with E-state index in [-0.39, 0.29) is 11.9 Å². The van der Waals surface area contributed by atoms with Gasteiger partial charge in [-0.1, -0.05) is 92.0 Å². The van der Waals surface area contributed by atoms with Gasteiger partial charge in [0.25, 0.3) is 5.91 Å². The number of amidine groups is 1. The molecule has 1 saturated carbocycles. The molecule has 0 N–H and O–H groups in total. The predicted molar refractivity (Wildman–Crippen MR) is 167 cm³/mol. The number of aliphatic imine (C=N–C) groups is 1. The SMILES string of the molecule is C[C@@H]1CCCC[C@@H]1N1C(=O)/C(=C/c2c(OCc3ccc(Cl)cc3)ccc3ccccc23)SC1=Nc1ccccc1. The molecule has 4 aromatic carbocycles. The van der Waals surface area contributed by atoms with Crippen LogP contribution in [0.4, 0.5) is 5.69 Å². The second-order valence-corrected chi connectivity index (χ2v) is 11.9. The van der Waals surface area contributed by atoms with E-state index in [1.165, 1.54) is 18.2 Å². The zero-order chi connectivity index (χ0) is 27.5. The molecule has 0 aromatic heterocycles. The Bertz CT molecular complexity index is 1580. The third kappa shape index (κ3) is 5.67. The Morgan fingerprint density at radius 3 is 2.50 bits per heavy atom. The lowest BCUT2D eigenvalue weighted by Crippen LogP contribution is -2.44. The van der Waals surface area contributed by atoms with Gasteiger partial charge in [0.2, 0.25) is 0 Å². The van der Waals surface area contributed by atoms with Crippen LogP contribution in [0.15, 0.2) is 101 Å². The molecule has 1 amide bonds. The van der Waals surface area contributed by atoms with Gasteiger partial charge in [0.05, 0.1) is 10.6 Å². The topological polar surface area (TPSA) is 41.9 Å². The first-order chi connectivity index (χ1) is 19.6. The number of carbonyl (C=O) groups excluding carboxylic acids is 1. The Hall–Kier alpha value is -3.54. The van der Waals surface area contributed by atoms with Crippen molar-refractivity contribution < 1.29 is 9.53 Å². The summed E-state index contributed by atoms with van der Waals surface area (Å²) >= 11 is 7.53. The minimum atomic E-state index is 0.0232. The van der Waals surface area contributed by atoms with Crippen molar-refractivity contribution in [2.24, 2.45) is 10.9 Å². The van der Waals surface area contributed by atoms with Crippen LogP contribution in [0, 0.1) is 5.92 Å². The fraction of sp³-hybridized carbons (Fsp3) is 0.235. The van der Waals surface area contributed by atoms with E-state index in [2.05, 4.69) is 25.1 Å². The largest absolute Gasteiger partial charge is 0.488 e. The summed E-state index contributed by atoms with van der Waals surface area (Å²) in [4.78, 5) is 21.7. The molecule has 4 aromatic rings. The van der Waals surface area contributed by atoms with Gasteiger partial charge in [0.15, 0.2) is 5.17 Å². The van der Waals surface area contributed by atoms with Crippen LogP contribution in [-0.2, 0) is 11.4 Å². The van der Waals surface area contributed by atoms with Crippen molar-refractivity contribution in [3.8, 4) is 5.75 Å². The van der Waals surface area contributed by atoms with Crippen LogP contribution in [0.5, 0.6) is 5.75 Å². The molecule has 1 saturated heterocycles. The standard InChI is InChI=1S/C34H31ClN2O2S/c1-23-9-5-8-14-30(23)37-33(38)32(40-34(37)36-27-11-3-2-4-12-27)21-29-28-13-7-6-10-25(28)17-20-31(29)39-22-24-15-18-26(35)19-16-24/h2-4,6-7,10-13,15-21,23,30H,5,8-9,14,22H2,1H3/b32-21-,36-34?/t23-,30+/m1/s1. The van der Waals surface area contributed by atoms with Crippen molar-refractivity contribution in [2.45, 2.75) is 45.3 Å².